The van der Waals surface area contributed by atoms with Crippen LogP contribution >= 0.6 is 11.6 Å². The van der Waals surface area contributed by atoms with Gasteiger partial charge in [-0.25, -0.2) is 4.39 Å². The molecule has 0 radical (unpaired) electrons. The van der Waals surface area contributed by atoms with Crippen molar-refractivity contribution >= 4 is 11.6 Å². The Morgan fingerprint density at radius 2 is 1.90 bits per heavy atom. The van der Waals surface area contributed by atoms with Crippen LogP contribution in [-0.4, -0.2) is 0 Å². The Labute approximate surface area is 65.7 Å². The lowest BCUT2D eigenvalue weighted by Gasteiger charge is -1.90. The van der Waals surface area contributed by atoms with Gasteiger partial charge in [0, 0.05) is 5.03 Å². The van der Waals surface area contributed by atoms with E-state index in [1.165, 1.54) is 0 Å². The number of allylic oxidation sites excluding steroid dienone is 5. The highest BCUT2D eigenvalue weighted by molar-refractivity contribution is 6.29. The van der Waals surface area contributed by atoms with E-state index < -0.39 is 5.83 Å². The fourth-order valence-electron chi connectivity index (χ4n) is 0.330. The van der Waals surface area contributed by atoms with Crippen molar-refractivity contribution in [1.29, 1.82) is 0 Å². The lowest BCUT2D eigenvalue weighted by molar-refractivity contribution is 0.656. The molecule has 0 bridgehead atoms. The second-order valence-electron chi connectivity index (χ2n) is 2.01. The topological polar surface area (TPSA) is 0 Å². The molecule has 2 heteroatoms. The zero-order valence-corrected chi connectivity index (χ0v) is 6.87. The van der Waals surface area contributed by atoms with Gasteiger partial charge in [-0.15, -0.1) is 0 Å². The molecule has 0 unspecified atom stereocenters. The van der Waals surface area contributed by atoms with Gasteiger partial charge < -0.3 is 0 Å². The molecule has 10 heavy (non-hydrogen) atoms. The second-order valence-corrected chi connectivity index (χ2v) is 2.60. The zero-order chi connectivity index (χ0) is 8.15. The molecular formula is C8H10ClF. The van der Waals surface area contributed by atoms with Crippen molar-refractivity contribution in [2.75, 3.05) is 0 Å². The van der Waals surface area contributed by atoms with Gasteiger partial charge >= 0.3 is 0 Å². The Morgan fingerprint density at radius 1 is 1.40 bits per heavy atom. The SMILES string of the molecule is C=C(F)/C(C)=C\C=C(/C)Cl. The molecule has 0 N–H and O–H groups in total. The fraction of sp³-hybridized carbons (Fsp3) is 0.250. The maximum absolute atomic E-state index is 12.2. The van der Waals surface area contributed by atoms with Gasteiger partial charge in [-0.05, 0) is 25.5 Å². The molecule has 0 aliphatic heterocycles. The Balaban J connectivity index is 4.19. The summed E-state index contributed by atoms with van der Waals surface area (Å²) in [5.74, 6) is -0.422. The summed E-state index contributed by atoms with van der Waals surface area (Å²) in [6.07, 6.45) is 3.21. The summed E-state index contributed by atoms with van der Waals surface area (Å²) in [6.45, 7) is 6.49. The molecule has 0 saturated carbocycles. The largest absolute Gasteiger partial charge is 0.207 e. The third-order valence-corrected chi connectivity index (χ3v) is 1.12. The highest BCUT2D eigenvalue weighted by Gasteiger charge is 1.89. The van der Waals surface area contributed by atoms with E-state index in [0.717, 1.165) is 0 Å². The van der Waals surface area contributed by atoms with Crippen molar-refractivity contribution in [3.63, 3.8) is 0 Å². The number of hydrogen-bond acceptors (Lipinski definition) is 0. The van der Waals surface area contributed by atoms with Crippen LogP contribution in [0.25, 0.3) is 0 Å². The average Bonchev–Trinajstić information content (AvgIpc) is 1.82. The van der Waals surface area contributed by atoms with Crippen LogP contribution in [0.1, 0.15) is 13.8 Å². The van der Waals surface area contributed by atoms with E-state index in [2.05, 4.69) is 6.58 Å². The molecule has 0 rings (SSSR count). The van der Waals surface area contributed by atoms with E-state index in [4.69, 9.17) is 11.6 Å². The molecule has 0 aliphatic carbocycles. The first-order chi connectivity index (χ1) is 4.54. The maximum Gasteiger partial charge on any atom is 0.118 e. The molecular weight excluding hydrogens is 151 g/mol. The molecule has 0 saturated heterocycles. The van der Waals surface area contributed by atoms with Crippen molar-refractivity contribution in [3.8, 4) is 0 Å². The van der Waals surface area contributed by atoms with E-state index in [1.807, 2.05) is 0 Å². The number of hydrogen-bond donors (Lipinski definition) is 0. The molecule has 0 aromatic carbocycles. The van der Waals surface area contributed by atoms with Gasteiger partial charge in [-0.1, -0.05) is 24.3 Å². The Hall–Kier alpha value is -0.560. The van der Waals surface area contributed by atoms with E-state index in [9.17, 15) is 4.39 Å². The van der Waals surface area contributed by atoms with E-state index in [1.54, 1.807) is 26.0 Å². The molecule has 56 valence electrons. The van der Waals surface area contributed by atoms with E-state index in [0.29, 0.717) is 10.6 Å². The first-order valence-corrected chi connectivity index (χ1v) is 3.27. The molecule has 0 aliphatic rings. The van der Waals surface area contributed by atoms with Crippen LogP contribution in [0.3, 0.4) is 0 Å². The van der Waals surface area contributed by atoms with E-state index in [-0.39, 0.29) is 0 Å². The van der Waals surface area contributed by atoms with Gasteiger partial charge in [0.1, 0.15) is 5.83 Å². The van der Waals surface area contributed by atoms with Crippen molar-refractivity contribution in [2.24, 2.45) is 0 Å². The normalized spacial score (nSPS) is 13.6. The summed E-state index contributed by atoms with van der Waals surface area (Å²) in [6, 6.07) is 0. The average molecular weight is 161 g/mol. The lowest BCUT2D eigenvalue weighted by atomic mass is 10.2. The van der Waals surface area contributed by atoms with Crippen molar-refractivity contribution in [2.45, 2.75) is 13.8 Å². The summed E-state index contributed by atoms with van der Waals surface area (Å²) < 4.78 is 12.2. The number of rotatable bonds is 2. The van der Waals surface area contributed by atoms with Gasteiger partial charge in [-0.2, -0.15) is 0 Å². The number of halogens is 2. The molecule has 0 aromatic rings. The summed E-state index contributed by atoms with van der Waals surface area (Å²) in [5, 5.41) is 0.626. The predicted molar refractivity (Wildman–Crippen MR) is 43.6 cm³/mol. The molecule has 0 aromatic heterocycles. The monoisotopic (exact) mass is 160 g/mol. The molecule has 0 nitrogen and oxygen atoms in total. The highest BCUT2D eigenvalue weighted by atomic mass is 35.5. The summed E-state index contributed by atoms with van der Waals surface area (Å²) in [7, 11) is 0. The second kappa shape index (κ2) is 4.29. The smallest absolute Gasteiger partial charge is 0.118 e. The van der Waals surface area contributed by atoms with Crippen LogP contribution < -0.4 is 0 Å². The molecule has 0 heterocycles. The third kappa shape index (κ3) is 4.33. The maximum atomic E-state index is 12.2. The summed E-state index contributed by atoms with van der Waals surface area (Å²) in [4.78, 5) is 0. The summed E-state index contributed by atoms with van der Waals surface area (Å²) in [5.41, 5.74) is 0.500. The van der Waals surface area contributed by atoms with Crippen LogP contribution in [-0.2, 0) is 0 Å². The molecule has 0 atom stereocenters. The van der Waals surface area contributed by atoms with Crippen LogP contribution in [0.2, 0.25) is 0 Å². The van der Waals surface area contributed by atoms with Crippen LogP contribution in [0, 0.1) is 0 Å². The predicted octanol–water partition coefficient (Wildman–Crippen LogP) is 3.56. The lowest BCUT2D eigenvalue weighted by Crippen LogP contribution is -1.71. The minimum Gasteiger partial charge on any atom is -0.207 e. The Bertz CT molecular complexity index is 185. The summed E-state index contributed by atoms with van der Waals surface area (Å²) >= 11 is 5.49. The third-order valence-electron chi connectivity index (χ3n) is 0.991. The quantitative estimate of drug-likeness (QED) is 0.542. The van der Waals surface area contributed by atoms with Gasteiger partial charge in [0.25, 0.3) is 0 Å². The van der Waals surface area contributed by atoms with Gasteiger partial charge in [-0.3, -0.25) is 0 Å². The van der Waals surface area contributed by atoms with E-state index >= 15 is 0 Å². The van der Waals surface area contributed by atoms with Crippen LogP contribution in [0.15, 0.2) is 35.2 Å². The highest BCUT2D eigenvalue weighted by Crippen LogP contribution is 2.08. The van der Waals surface area contributed by atoms with Crippen LogP contribution in [0.4, 0.5) is 4.39 Å². The van der Waals surface area contributed by atoms with Gasteiger partial charge in [0.05, 0.1) is 0 Å². The van der Waals surface area contributed by atoms with Crippen molar-refractivity contribution < 1.29 is 4.39 Å². The Morgan fingerprint density at radius 3 is 2.20 bits per heavy atom. The molecule has 0 fully saturated rings. The standard InChI is InChI=1S/C8H10ClF/c1-6(8(3)10)4-5-7(2)9/h4-5H,3H2,1-2H3/b6-4-,7-5+. The van der Waals surface area contributed by atoms with Crippen LogP contribution in [0.5, 0.6) is 0 Å². The zero-order valence-electron chi connectivity index (χ0n) is 6.12. The van der Waals surface area contributed by atoms with Gasteiger partial charge in [0.2, 0.25) is 0 Å². The van der Waals surface area contributed by atoms with Crippen molar-refractivity contribution in [3.05, 3.63) is 35.2 Å². The fourth-order valence-corrected chi connectivity index (χ4v) is 0.393. The van der Waals surface area contributed by atoms with Gasteiger partial charge in [0.15, 0.2) is 0 Å². The molecule has 0 spiro atoms. The first kappa shape index (κ1) is 9.44. The minimum atomic E-state index is -0.422. The van der Waals surface area contributed by atoms with Crippen molar-refractivity contribution in [1.82, 2.24) is 0 Å². The first-order valence-electron chi connectivity index (χ1n) is 2.89. The minimum absolute atomic E-state index is 0.422. The molecule has 0 amide bonds. The Kier molecular flexibility index (Phi) is 4.05.